The van der Waals surface area contributed by atoms with E-state index in [0.29, 0.717) is 0 Å². The van der Waals surface area contributed by atoms with Crippen LogP contribution in [0.25, 0.3) is 0 Å². The molecule has 2 aromatic heterocycles. The van der Waals surface area contributed by atoms with Crippen molar-refractivity contribution in [3.05, 3.63) is 32.2 Å². The highest BCUT2D eigenvalue weighted by atomic mass is 32.1. The number of nitrogens with zero attached hydrogens (tertiary/aromatic N) is 2. The van der Waals surface area contributed by atoms with Gasteiger partial charge in [0.15, 0.2) is 0 Å². The van der Waals surface area contributed by atoms with Crippen LogP contribution in [0.2, 0.25) is 0 Å². The lowest BCUT2D eigenvalue weighted by molar-refractivity contribution is 0.621. The maximum atomic E-state index is 4.79. The molecular formula is C12H15N3S2. The van der Waals surface area contributed by atoms with Crippen molar-refractivity contribution in [1.29, 1.82) is 0 Å². The van der Waals surface area contributed by atoms with Crippen molar-refractivity contribution in [3.63, 3.8) is 0 Å². The van der Waals surface area contributed by atoms with Crippen molar-refractivity contribution in [2.45, 2.75) is 32.2 Å². The molecule has 0 saturated carbocycles. The van der Waals surface area contributed by atoms with Gasteiger partial charge in [0.05, 0.1) is 5.69 Å². The van der Waals surface area contributed by atoms with Gasteiger partial charge in [0, 0.05) is 16.5 Å². The zero-order valence-corrected chi connectivity index (χ0v) is 11.4. The van der Waals surface area contributed by atoms with Crippen molar-refractivity contribution in [1.82, 2.24) is 15.3 Å². The highest BCUT2D eigenvalue weighted by molar-refractivity contribution is 7.12. The van der Waals surface area contributed by atoms with E-state index in [1.54, 1.807) is 11.3 Å². The van der Waals surface area contributed by atoms with Crippen molar-refractivity contribution < 1.29 is 0 Å². The number of hydrogen-bond acceptors (Lipinski definition) is 5. The van der Waals surface area contributed by atoms with Gasteiger partial charge in [-0.1, -0.05) is 6.92 Å². The fourth-order valence-electron chi connectivity index (χ4n) is 2.20. The molecule has 0 bridgehead atoms. The molecule has 1 aliphatic carbocycles. The SMILES string of the molecule is CCNC(c1nccs1)c1nc2c(s1)CCC2. The first-order valence-electron chi connectivity index (χ1n) is 5.99. The Balaban J connectivity index is 1.92. The number of fused-ring (bicyclic) bond motifs is 1. The minimum Gasteiger partial charge on any atom is -0.303 e. The number of hydrogen-bond donors (Lipinski definition) is 1. The molecule has 0 aliphatic heterocycles. The second-order valence-corrected chi connectivity index (χ2v) is 6.18. The Labute approximate surface area is 109 Å². The molecule has 90 valence electrons. The Hall–Kier alpha value is -0.780. The topological polar surface area (TPSA) is 37.8 Å². The maximum absolute atomic E-state index is 4.79. The van der Waals surface area contributed by atoms with Crippen LogP contribution in [-0.4, -0.2) is 16.5 Å². The lowest BCUT2D eigenvalue weighted by Crippen LogP contribution is -2.21. The van der Waals surface area contributed by atoms with Crippen LogP contribution in [0.4, 0.5) is 0 Å². The summed E-state index contributed by atoms with van der Waals surface area (Å²) in [5.41, 5.74) is 1.32. The standard InChI is InChI=1S/C12H15N3S2/c1-2-13-10(11-14-6-7-16-11)12-15-8-4-3-5-9(8)17-12/h6-7,10,13H,2-5H2,1H3. The smallest absolute Gasteiger partial charge is 0.117 e. The third kappa shape index (κ3) is 2.14. The maximum Gasteiger partial charge on any atom is 0.117 e. The highest BCUT2D eigenvalue weighted by Gasteiger charge is 2.23. The Bertz CT molecular complexity index is 468. The van der Waals surface area contributed by atoms with E-state index in [9.17, 15) is 0 Å². The molecule has 2 heterocycles. The molecule has 2 aromatic rings. The fraction of sp³-hybridized carbons (Fsp3) is 0.500. The van der Waals surface area contributed by atoms with E-state index >= 15 is 0 Å². The van der Waals surface area contributed by atoms with Gasteiger partial charge in [0.25, 0.3) is 0 Å². The summed E-state index contributed by atoms with van der Waals surface area (Å²) in [5.74, 6) is 0. The van der Waals surface area contributed by atoms with Crippen LogP contribution >= 0.6 is 22.7 Å². The fourth-order valence-corrected chi connectivity index (χ4v) is 4.22. The molecule has 1 aliphatic rings. The summed E-state index contributed by atoms with van der Waals surface area (Å²) >= 11 is 3.56. The molecular weight excluding hydrogens is 250 g/mol. The average Bonchev–Trinajstić information content (AvgIpc) is 3.01. The number of aromatic nitrogens is 2. The Morgan fingerprint density at radius 1 is 1.41 bits per heavy atom. The second-order valence-electron chi connectivity index (χ2n) is 4.14. The zero-order chi connectivity index (χ0) is 11.7. The van der Waals surface area contributed by atoms with E-state index in [1.807, 2.05) is 22.9 Å². The zero-order valence-electron chi connectivity index (χ0n) is 9.77. The average molecular weight is 265 g/mol. The Morgan fingerprint density at radius 3 is 3.06 bits per heavy atom. The van der Waals surface area contributed by atoms with Crippen molar-refractivity contribution in [2.75, 3.05) is 6.54 Å². The number of rotatable bonds is 4. The van der Waals surface area contributed by atoms with Gasteiger partial charge in [-0.15, -0.1) is 22.7 Å². The minimum absolute atomic E-state index is 0.190. The predicted molar refractivity (Wildman–Crippen MR) is 71.8 cm³/mol. The molecule has 0 spiro atoms. The summed E-state index contributed by atoms with van der Waals surface area (Å²) < 4.78 is 0. The van der Waals surface area contributed by atoms with E-state index in [0.717, 1.165) is 18.0 Å². The van der Waals surface area contributed by atoms with E-state index < -0.39 is 0 Å². The number of aryl methyl sites for hydroxylation is 2. The van der Waals surface area contributed by atoms with Gasteiger partial charge in [-0.25, -0.2) is 9.97 Å². The van der Waals surface area contributed by atoms with Gasteiger partial charge in [0.2, 0.25) is 0 Å². The first-order valence-corrected chi connectivity index (χ1v) is 7.69. The highest BCUT2D eigenvalue weighted by Crippen LogP contribution is 2.33. The van der Waals surface area contributed by atoms with Crippen LogP contribution in [-0.2, 0) is 12.8 Å². The summed E-state index contributed by atoms with van der Waals surface area (Å²) in [4.78, 5) is 10.7. The third-order valence-electron chi connectivity index (χ3n) is 2.97. The monoisotopic (exact) mass is 265 g/mol. The molecule has 1 unspecified atom stereocenters. The second kappa shape index (κ2) is 4.84. The lowest BCUT2D eigenvalue weighted by Gasteiger charge is -2.12. The van der Waals surface area contributed by atoms with Crippen LogP contribution in [0.5, 0.6) is 0 Å². The normalized spacial score (nSPS) is 16.1. The summed E-state index contributed by atoms with van der Waals surface area (Å²) in [6, 6.07) is 0.190. The van der Waals surface area contributed by atoms with Crippen LogP contribution in [0.1, 0.15) is 40.0 Å². The van der Waals surface area contributed by atoms with Gasteiger partial charge in [0.1, 0.15) is 16.1 Å². The quantitative estimate of drug-likeness (QED) is 0.923. The molecule has 0 saturated heterocycles. The first kappa shape index (κ1) is 11.3. The number of nitrogens with one attached hydrogen (secondary N) is 1. The Kier molecular flexibility index (Phi) is 3.22. The molecule has 1 N–H and O–H groups in total. The molecule has 1 atom stereocenters. The van der Waals surface area contributed by atoms with Gasteiger partial charge in [-0.05, 0) is 25.8 Å². The van der Waals surface area contributed by atoms with Crippen molar-refractivity contribution in [3.8, 4) is 0 Å². The molecule has 5 heteroatoms. The van der Waals surface area contributed by atoms with E-state index in [2.05, 4.69) is 17.2 Å². The minimum atomic E-state index is 0.190. The molecule has 0 aromatic carbocycles. The molecule has 3 rings (SSSR count). The summed E-state index contributed by atoms with van der Waals surface area (Å²) in [6.07, 6.45) is 5.51. The van der Waals surface area contributed by atoms with E-state index in [-0.39, 0.29) is 6.04 Å². The van der Waals surface area contributed by atoms with Crippen LogP contribution < -0.4 is 5.32 Å². The van der Waals surface area contributed by atoms with Gasteiger partial charge in [-0.3, -0.25) is 0 Å². The van der Waals surface area contributed by atoms with E-state index in [4.69, 9.17) is 4.98 Å². The van der Waals surface area contributed by atoms with Crippen molar-refractivity contribution in [2.24, 2.45) is 0 Å². The van der Waals surface area contributed by atoms with Gasteiger partial charge in [-0.2, -0.15) is 0 Å². The summed E-state index contributed by atoms with van der Waals surface area (Å²) in [7, 11) is 0. The molecule has 0 amide bonds. The Morgan fingerprint density at radius 2 is 2.35 bits per heavy atom. The molecule has 3 nitrogen and oxygen atoms in total. The molecule has 0 radical (unpaired) electrons. The van der Waals surface area contributed by atoms with Gasteiger partial charge >= 0.3 is 0 Å². The summed E-state index contributed by atoms with van der Waals surface area (Å²) in [6.45, 7) is 3.07. The predicted octanol–water partition coefficient (Wildman–Crippen LogP) is 2.79. The largest absolute Gasteiger partial charge is 0.303 e. The van der Waals surface area contributed by atoms with Gasteiger partial charge < -0.3 is 5.32 Å². The summed E-state index contributed by atoms with van der Waals surface area (Å²) in [5, 5.41) is 7.83. The lowest BCUT2D eigenvalue weighted by atomic mass is 10.3. The van der Waals surface area contributed by atoms with Crippen LogP contribution in [0.3, 0.4) is 0 Å². The van der Waals surface area contributed by atoms with Crippen molar-refractivity contribution >= 4 is 22.7 Å². The third-order valence-corrected chi connectivity index (χ3v) is 5.03. The number of thiazole rings is 2. The molecule has 0 fully saturated rings. The van der Waals surface area contributed by atoms with Crippen LogP contribution in [0, 0.1) is 0 Å². The van der Waals surface area contributed by atoms with Crippen LogP contribution in [0.15, 0.2) is 11.6 Å². The first-order chi connectivity index (χ1) is 8.38. The van der Waals surface area contributed by atoms with E-state index in [1.165, 1.54) is 28.4 Å². The molecule has 17 heavy (non-hydrogen) atoms.